The largest absolute Gasteiger partial charge is 0.508 e. The monoisotopic (exact) mass is 245 g/mol. The Labute approximate surface area is 92.9 Å². The number of benzene rings is 1. The van der Waals surface area contributed by atoms with Crippen LogP contribution in [0.3, 0.4) is 0 Å². The minimum absolute atomic E-state index is 0.114. The maximum atomic E-state index is 11.6. The van der Waals surface area contributed by atoms with Crippen molar-refractivity contribution in [1.29, 1.82) is 0 Å². The van der Waals surface area contributed by atoms with Crippen molar-refractivity contribution in [3.8, 4) is 5.75 Å². The normalized spacial score (nSPS) is 11.1. The number of rotatable bonds is 4. The molecular formula is C9H11NO5S. The molecule has 0 aliphatic carbocycles. The van der Waals surface area contributed by atoms with E-state index < -0.39 is 22.5 Å². The van der Waals surface area contributed by atoms with Gasteiger partial charge in [0, 0.05) is 0 Å². The molecule has 1 rings (SSSR count). The van der Waals surface area contributed by atoms with Gasteiger partial charge in [0.25, 0.3) is 0 Å². The molecule has 1 aromatic carbocycles. The second-order valence-corrected chi connectivity index (χ2v) is 4.66. The molecular weight excluding hydrogens is 234 g/mol. The second kappa shape index (κ2) is 4.95. The molecule has 16 heavy (non-hydrogen) atoms. The average molecular weight is 245 g/mol. The molecule has 0 unspecified atom stereocenters. The van der Waals surface area contributed by atoms with Crippen molar-refractivity contribution in [3.05, 3.63) is 24.3 Å². The quantitative estimate of drug-likeness (QED) is 0.719. The summed E-state index contributed by atoms with van der Waals surface area (Å²) in [6.07, 6.45) is 0. The molecule has 0 saturated heterocycles. The van der Waals surface area contributed by atoms with Crippen LogP contribution in [0.2, 0.25) is 0 Å². The van der Waals surface area contributed by atoms with Gasteiger partial charge in [0.1, 0.15) is 12.3 Å². The van der Waals surface area contributed by atoms with Gasteiger partial charge in [-0.2, -0.15) is 4.72 Å². The van der Waals surface area contributed by atoms with E-state index in [4.69, 9.17) is 5.11 Å². The summed E-state index contributed by atoms with van der Waals surface area (Å²) < 4.78 is 29.5. The van der Waals surface area contributed by atoms with Crippen LogP contribution < -0.4 is 4.72 Å². The van der Waals surface area contributed by atoms with Gasteiger partial charge in [-0.3, -0.25) is 4.79 Å². The number of hydrogen-bond donors (Lipinski definition) is 2. The lowest BCUT2D eigenvalue weighted by Crippen LogP contribution is -2.30. The summed E-state index contributed by atoms with van der Waals surface area (Å²) in [5, 5.41) is 9.12. The summed E-state index contributed by atoms with van der Waals surface area (Å²) in [4.78, 5) is 10.6. The Bertz CT molecular complexity index is 482. The highest BCUT2D eigenvalue weighted by atomic mass is 32.2. The van der Waals surface area contributed by atoms with Crippen molar-refractivity contribution in [3.63, 3.8) is 0 Å². The van der Waals surface area contributed by atoms with Crippen LogP contribution in [0.15, 0.2) is 29.2 Å². The van der Waals surface area contributed by atoms with E-state index in [0.717, 1.165) is 13.2 Å². The molecule has 6 nitrogen and oxygen atoms in total. The maximum absolute atomic E-state index is 11.6. The highest BCUT2D eigenvalue weighted by Crippen LogP contribution is 2.15. The zero-order valence-electron chi connectivity index (χ0n) is 8.50. The van der Waals surface area contributed by atoms with Crippen molar-refractivity contribution in [2.75, 3.05) is 13.7 Å². The van der Waals surface area contributed by atoms with Gasteiger partial charge in [0.05, 0.1) is 12.0 Å². The van der Waals surface area contributed by atoms with Crippen LogP contribution in [-0.4, -0.2) is 33.1 Å². The number of phenols is 1. The van der Waals surface area contributed by atoms with Gasteiger partial charge in [0.15, 0.2) is 0 Å². The topological polar surface area (TPSA) is 92.7 Å². The number of phenolic OH excluding ortho intramolecular Hbond substituents is 1. The number of nitrogens with one attached hydrogen (secondary N) is 1. The third-order valence-corrected chi connectivity index (χ3v) is 3.16. The summed E-state index contributed by atoms with van der Waals surface area (Å²) in [6, 6.07) is 5.13. The molecule has 1 aromatic rings. The first-order valence-corrected chi connectivity index (χ1v) is 5.79. The molecule has 0 bridgehead atoms. The Balaban J connectivity index is 2.82. The summed E-state index contributed by atoms with van der Waals surface area (Å²) in [5.41, 5.74) is 0. The molecule has 0 fully saturated rings. The fourth-order valence-corrected chi connectivity index (χ4v) is 1.97. The lowest BCUT2D eigenvalue weighted by Gasteiger charge is -2.05. The summed E-state index contributed by atoms with van der Waals surface area (Å²) >= 11 is 0. The Morgan fingerprint density at radius 1 is 1.50 bits per heavy atom. The van der Waals surface area contributed by atoms with Gasteiger partial charge in [0.2, 0.25) is 10.0 Å². The van der Waals surface area contributed by atoms with E-state index in [1.165, 1.54) is 18.2 Å². The van der Waals surface area contributed by atoms with Crippen LogP contribution in [0.5, 0.6) is 5.75 Å². The fourth-order valence-electron chi connectivity index (χ4n) is 0.960. The Morgan fingerprint density at radius 2 is 2.19 bits per heavy atom. The van der Waals surface area contributed by atoms with Gasteiger partial charge < -0.3 is 9.84 Å². The average Bonchev–Trinajstić information content (AvgIpc) is 2.26. The van der Waals surface area contributed by atoms with Crippen molar-refractivity contribution in [2.24, 2.45) is 0 Å². The van der Waals surface area contributed by atoms with Crippen molar-refractivity contribution >= 4 is 16.0 Å². The number of sulfonamides is 1. The molecule has 7 heteroatoms. The Hall–Kier alpha value is -1.60. The van der Waals surface area contributed by atoms with Crippen LogP contribution in [0, 0.1) is 0 Å². The smallest absolute Gasteiger partial charge is 0.320 e. The predicted molar refractivity (Wildman–Crippen MR) is 55.3 cm³/mol. The number of esters is 1. The molecule has 88 valence electrons. The van der Waals surface area contributed by atoms with Crippen molar-refractivity contribution in [1.82, 2.24) is 4.72 Å². The van der Waals surface area contributed by atoms with Gasteiger partial charge in [-0.15, -0.1) is 0 Å². The number of carbonyl (C=O) groups is 1. The molecule has 0 spiro atoms. The minimum atomic E-state index is -3.80. The molecule has 0 aromatic heterocycles. The SMILES string of the molecule is COC(=O)CNS(=O)(=O)c1cccc(O)c1. The standard InChI is InChI=1S/C9H11NO5S/c1-15-9(12)6-10-16(13,14)8-4-2-3-7(11)5-8/h2-5,10-11H,6H2,1H3. The number of hydrogen-bond acceptors (Lipinski definition) is 5. The van der Waals surface area contributed by atoms with E-state index in [0.29, 0.717) is 0 Å². The van der Waals surface area contributed by atoms with Crippen molar-refractivity contribution < 1.29 is 23.1 Å². The second-order valence-electron chi connectivity index (χ2n) is 2.90. The molecule has 2 N–H and O–H groups in total. The van der Waals surface area contributed by atoms with Crippen LogP contribution in [0.25, 0.3) is 0 Å². The van der Waals surface area contributed by atoms with Gasteiger partial charge in [-0.25, -0.2) is 8.42 Å². The molecule has 0 amide bonds. The van der Waals surface area contributed by atoms with E-state index in [1.54, 1.807) is 0 Å². The Kier molecular flexibility index (Phi) is 3.86. The predicted octanol–water partition coefficient (Wildman–Crippen LogP) is -0.157. The first-order chi connectivity index (χ1) is 7.45. The van der Waals surface area contributed by atoms with Gasteiger partial charge in [-0.1, -0.05) is 6.07 Å². The van der Waals surface area contributed by atoms with E-state index in [2.05, 4.69) is 4.74 Å². The van der Waals surface area contributed by atoms with Gasteiger partial charge >= 0.3 is 5.97 Å². The van der Waals surface area contributed by atoms with Crippen LogP contribution in [0.4, 0.5) is 0 Å². The highest BCUT2D eigenvalue weighted by Gasteiger charge is 2.15. The lowest BCUT2D eigenvalue weighted by molar-refractivity contribution is -0.139. The molecule has 0 radical (unpaired) electrons. The summed E-state index contributed by atoms with van der Waals surface area (Å²) in [6.45, 7) is -0.450. The minimum Gasteiger partial charge on any atom is -0.508 e. The molecule has 0 aliphatic heterocycles. The molecule has 0 aliphatic rings. The van der Waals surface area contributed by atoms with E-state index >= 15 is 0 Å². The van der Waals surface area contributed by atoms with Crippen LogP contribution in [0.1, 0.15) is 0 Å². The number of ether oxygens (including phenoxy) is 1. The fraction of sp³-hybridized carbons (Fsp3) is 0.222. The van der Waals surface area contributed by atoms with Crippen LogP contribution >= 0.6 is 0 Å². The molecule has 0 heterocycles. The first kappa shape index (κ1) is 12.5. The summed E-state index contributed by atoms with van der Waals surface area (Å²) in [5.74, 6) is -0.857. The molecule has 0 atom stereocenters. The third-order valence-electron chi connectivity index (χ3n) is 1.76. The number of carbonyl (C=O) groups excluding carboxylic acids is 1. The maximum Gasteiger partial charge on any atom is 0.320 e. The number of methoxy groups -OCH3 is 1. The highest BCUT2D eigenvalue weighted by molar-refractivity contribution is 7.89. The zero-order valence-corrected chi connectivity index (χ0v) is 9.32. The third kappa shape index (κ3) is 3.21. The lowest BCUT2D eigenvalue weighted by atomic mass is 10.3. The van der Waals surface area contributed by atoms with E-state index in [-0.39, 0.29) is 10.6 Å². The number of aromatic hydroxyl groups is 1. The molecule has 0 saturated carbocycles. The van der Waals surface area contributed by atoms with Crippen LogP contribution in [-0.2, 0) is 19.6 Å². The zero-order chi connectivity index (χ0) is 12.2. The Morgan fingerprint density at radius 3 is 2.75 bits per heavy atom. The first-order valence-electron chi connectivity index (χ1n) is 4.31. The van der Waals surface area contributed by atoms with Gasteiger partial charge in [-0.05, 0) is 18.2 Å². The summed E-state index contributed by atoms with van der Waals surface area (Å²) in [7, 11) is -2.64. The van der Waals surface area contributed by atoms with Crippen molar-refractivity contribution in [2.45, 2.75) is 4.90 Å². The van der Waals surface area contributed by atoms with E-state index in [9.17, 15) is 13.2 Å². The van der Waals surface area contributed by atoms with E-state index in [1.807, 2.05) is 4.72 Å².